The van der Waals surface area contributed by atoms with E-state index in [0.29, 0.717) is 28.2 Å². The molecule has 1 heterocycles. The van der Waals surface area contributed by atoms with Crippen LogP contribution in [0.1, 0.15) is 30.8 Å². The highest BCUT2D eigenvalue weighted by Crippen LogP contribution is 2.20. The summed E-state index contributed by atoms with van der Waals surface area (Å²) in [7, 11) is 0. The Morgan fingerprint density at radius 3 is 2.65 bits per heavy atom. The van der Waals surface area contributed by atoms with Crippen LogP contribution in [-0.2, 0) is 11.2 Å². The number of aryl methyl sites for hydroxylation is 1. The summed E-state index contributed by atoms with van der Waals surface area (Å²) < 4.78 is 5.21. The fourth-order valence-corrected chi connectivity index (χ4v) is 2.79. The van der Waals surface area contributed by atoms with Crippen molar-refractivity contribution in [3.05, 3.63) is 70.0 Å². The molecule has 3 aromatic rings. The molecule has 2 aromatic carbocycles. The molecule has 0 saturated heterocycles. The Bertz CT molecular complexity index is 894. The molecule has 7 heteroatoms. The van der Waals surface area contributed by atoms with Crippen molar-refractivity contribution in [1.29, 1.82) is 0 Å². The summed E-state index contributed by atoms with van der Waals surface area (Å²) >= 11 is 11.8. The Morgan fingerprint density at radius 1 is 1.15 bits per heavy atom. The molecule has 0 unspecified atom stereocenters. The monoisotopic (exact) mass is 389 g/mol. The van der Waals surface area contributed by atoms with Gasteiger partial charge in [0.25, 0.3) is 0 Å². The van der Waals surface area contributed by atoms with Gasteiger partial charge in [-0.15, -0.1) is 0 Å². The fourth-order valence-electron chi connectivity index (χ4n) is 2.47. The van der Waals surface area contributed by atoms with Crippen LogP contribution in [0.3, 0.4) is 0 Å². The minimum atomic E-state index is -0.131. The molecule has 1 atom stereocenters. The quantitative estimate of drug-likeness (QED) is 0.653. The van der Waals surface area contributed by atoms with E-state index < -0.39 is 0 Å². The van der Waals surface area contributed by atoms with Crippen molar-refractivity contribution in [1.82, 2.24) is 15.5 Å². The van der Waals surface area contributed by atoms with Crippen molar-refractivity contribution >= 4 is 29.1 Å². The normalized spacial score (nSPS) is 12.0. The van der Waals surface area contributed by atoms with E-state index in [1.54, 1.807) is 18.2 Å². The van der Waals surface area contributed by atoms with E-state index in [4.69, 9.17) is 27.7 Å². The summed E-state index contributed by atoms with van der Waals surface area (Å²) in [6.07, 6.45) is 0.627. The Labute approximate surface area is 161 Å². The first kappa shape index (κ1) is 18.4. The predicted molar refractivity (Wildman–Crippen MR) is 101 cm³/mol. The van der Waals surface area contributed by atoms with Crippen LogP contribution < -0.4 is 5.32 Å². The van der Waals surface area contributed by atoms with Crippen molar-refractivity contribution in [3.63, 3.8) is 0 Å². The average Bonchev–Trinajstić information content (AvgIpc) is 3.09. The van der Waals surface area contributed by atoms with Crippen LogP contribution in [0.5, 0.6) is 0 Å². The van der Waals surface area contributed by atoms with Gasteiger partial charge in [0.05, 0.1) is 6.04 Å². The number of carbonyl (C=O) groups is 1. The third-order valence-corrected chi connectivity index (χ3v) is 4.35. The fraction of sp³-hybridized carbons (Fsp3) is 0.211. The highest BCUT2D eigenvalue weighted by molar-refractivity contribution is 6.30. The van der Waals surface area contributed by atoms with Crippen molar-refractivity contribution < 1.29 is 9.32 Å². The summed E-state index contributed by atoms with van der Waals surface area (Å²) in [5.74, 6) is 0.800. The molecular formula is C19H17Cl2N3O2. The van der Waals surface area contributed by atoms with Crippen molar-refractivity contribution in [2.75, 3.05) is 0 Å². The summed E-state index contributed by atoms with van der Waals surface area (Å²) in [6.45, 7) is 1.91. The molecule has 3 rings (SSSR count). The predicted octanol–water partition coefficient (Wildman–Crippen LogP) is 4.85. The van der Waals surface area contributed by atoms with Crippen LogP contribution in [0.15, 0.2) is 53.1 Å². The topological polar surface area (TPSA) is 68.0 Å². The highest BCUT2D eigenvalue weighted by atomic mass is 35.5. The number of carbonyl (C=O) groups excluding carboxylic acids is 1. The van der Waals surface area contributed by atoms with Crippen LogP contribution in [0, 0.1) is 0 Å². The minimum absolute atomic E-state index is 0.0938. The second kappa shape index (κ2) is 8.34. The molecule has 1 amide bonds. The molecule has 26 heavy (non-hydrogen) atoms. The van der Waals surface area contributed by atoms with Crippen LogP contribution in [0.2, 0.25) is 10.0 Å². The standard InChI is InChI=1S/C19H17Cl2N3O2/c1-12(14-3-2-4-16(21)11-14)22-17(25)9-10-18-23-19(24-26-18)13-5-7-15(20)8-6-13/h2-8,11-12H,9-10H2,1H3,(H,22,25)/t12-/m0/s1. The zero-order chi connectivity index (χ0) is 18.5. The van der Waals surface area contributed by atoms with Gasteiger partial charge in [0.1, 0.15) is 0 Å². The zero-order valence-electron chi connectivity index (χ0n) is 14.1. The van der Waals surface area contributed by atoms with Gasteiger partial charge in [-0.2, -0.15) is 4.98 Å². The van der Waals surface area contributed by atoms with Gasteiger partial charge in [0.15, 0.2) is 0 Å². The molecule has 134 valence electrons. The highest BCUT2D eigenvalue weighted by Gasteiger charge is 2.13. The third-order valence-electron chi connectivity index (χ3n) is 3.86. The maximum Gasteiger partial charge on any atom is 0.227 e. The maximum absolute atomic E-state index is 12.2. The molecule has 1 aromatic heterocycles. The number of aromatic nitrogens is 2. The number of hydrogen-bond acceptors (Lipinski definition) is 4. The van der Waals surface area contributed by atoms with E-state index in [1.807, 2.05) is 37.3 Å². The summed E-state index contributed by atoms with van der Waals surface area (Å²) in [5, 5.41) is 8.16. The number of nitrogens with one attached hydrogen (secondary N) is 1. The van der Waals surface area contributed by atoms with Crippen LogP contribution >= 0.6 is 23.2 Å². The first-order valence-corrected chi connectivity index (χ1v) is 8.90. The molecule has 5 nitrogen and oxygen atoms in total. The number of rotatable bonds is 6. The summed E-state index contributed by atoms with van der Waals surface area (Å²) in [5.41, 5.74) is 1.76. The molecule has 0 aliphatic heterocycles. The first-order valence-electron chi connectivity index (χ1n) is 8.14. The Kier molecular flexibility index (Phi) is 5.91. The van der Waals surface area contributed by atoms with Gasteiger partial charge >= 0.3 is 0 Å². The van der Waals surface area contributed by atoms with E-state index in [1.165, 1.54) is 0 Å². The lowest BCUT2D eigenvalue weighted by atomic mass is 10.1. The molecule has 0 spiro atoms. The zero-order valence-corrected chi connectivity index (χ0v) is 15.6. The van der Waals surface area contributed by atoms with Gasteiger partial charge in [0.2, 0.25) is 17.6 Å². The van der Waals surface area contributed by atoms with Gasteiger partial charge in [-0.05, 0) is 48.9 Å². The van der Waals surface area contributed by atoms with Crippen LogP contribution in [0.25, 0.3) is 11.4 Å². The Balaban J connectivity index is 1.54. The van der Waals surface area contributed by atoms with Gasteiger partial charge < -0.3 is 9.84 Å². The number of hydrogen-bond donors (Lipinski definition) is 1. The lowest BCUT2D eigenvalue weighted by molar-refractivity contribution is -0.121. The Hall–Kier alpha value is -2.37. The van der Waals surface area contributed by atoms with Gasteiger partial charge in [-0.1, -0.05) is 40.5 Å². The second-order valence-electron chi connectivity index (χ2n) is 5.86. The molecule has 0 aliphatic rings. The molecule has 0 aliphatic carbocycles. The van der Waals surface area contributed by atoms with Gasteiger partial charge in [-0.25, -0.2) is 0 Å². The van der Waals surface area contributed by atoms with E-state index in [9.17, 15) is 4.79 Å². The lowest BCUT2D eigenvalue weighted by Gasteiger charge is -2.14. The van der Waals surface area contributed by atoms with Crippen molar-refractivity contribution in [2.45, 2.75) is 25.8 Å². The number of amides is 1. The third kappa shape index (κ3) is 4.84. The maximum atomic E-state index is 12.2. The molecule has 1 N–H and O–H groups in total. The van der Waals surface area contributed by atoms with E-state index in [-0.39, 0.29) is 18.4 Å². The van der Waals surface area contributed by atoms with Gasteiger partial charge in [-0.3, -0.25) is 4.79 Å². The minimum Gasteiger partial charge on any atom is -0.350 e. The van der Waals surface area contributed by atoms with Crippen molar-refractivity contribution in [3.8, 4) is 11.4 Å². The molecular weight excluding hydrogens is 373 g/mol. The average molecular weight is 390 g/mol. The largest absolute Gasteiger partial charge is 0.350 e. The van der Waals surface area contributed by atoms with Crippen LogP contribution in [0.4, 0.5) is 0 Å². The van der Waals surface area contributed by atoms with Crippen LogP contribution in [-0.4, -0.2) is 16.0 Å². The Morgan fingerprint density at radius 2 is 1.92 bits per heavy atom. The molecule has 0 bridgehead atoms. The molecule has 0 fully saturated rings. The van der Waals surface area contributed by atoms with E-state index in [2.05, 4.69) is 15.5 Å². The van der Waals surface area contributed by atoms with Gasteiger partial charge in [0, 0.05) is 28.5 Å². The summed E-state index contributed by atoms with van der Waals surface area (Å²) in [4.78, 5) is 16.5. The number of benzene rings is 2. The first-order chi connectivity index (χ1) is 12.5. The summed E-state index contributed by atoms with van der Waals surface area (Å²) in [6, 6.07) is 14.4. The molecule has 0 saturated carbocycles. The number of nitrogens with zero attached hydrogens (tertiary/aromatic N) is 2. The smallest absolute Gasteiger partial charge is 0.227 e. The van der Waals surface area contributed by atoms with E-state index >= 15 is 0 Å². The number of halogens is 2. The molecule has 0 radical (unpaired) electrons. The lowest BCUT2D eigenvalue weighted by Crippen LogP contribution is -2.26. The van der Waals surface area contributed by atoms with E-state index in [0.717, 1.165) is 11.1 Å². The second-order valence-corrected chi connectivity index (χ2v) is 6.74. The van der Waals surface area contributed by atoms with Crippen molar-refractivity contribution in [2.24, 2.45) is 0 Å². The SMILES string of the molecule is C[C@H](NC(=O)CCc1nc(-c2ccc(Cl)cc2)no1)c1cccc(Cl)c1.